The van der Waals surface area contributed by atoms with E-state index in [4.69, 9.17) is 4.74 Å². The number of ether oxygens (including phenoxy) is 1. The van der Waals surface area contributed by atoms with Gasteiger partial charge in [0.25, 0.3) is 11.8 Å². The van der Waals surface area contributed by atoms with Crippen molar-refractivity contribution in [3.63, 3.8) is 0 Å². The fourth-order valence-electron chi connectivity index (χ4n) is 4.49. The number of nitrogens with zero attached hydrogens (tertiary/aromatic N) is 7. The second-order valence-corrected chi connectivity index (χ2v) is 10.7. The molecule has 1 aliphatic carbocycles. The molecule has 0 radical (unpaired) electrons. The van der Waals surface area contributed by atoms with Crippen molar-refractivity contribution >= 4 is 24.4 Å². The second-order valence-electron chi connectivity index (χ2n) is 10.7. The monoisotopic (exact) mass is 661 g/mol. The van der Waals surface area contributed by atoms with Crippen LogP contribution in [0, 0.1) is 0 Å². The largest absolute Gasteiger partial charge is 0.488 e. The Kier molecular flexibility index (Phi) is 11.8. The molecule has 2 N–H and O–H groups in total. The molecule has 0 aromatic carbocycles. The number of aryl methyl sites for hydroxylation is 1. The molecule has 0 atom stereocenters. The molecule has 250 valence electrons. The van der Waals surface area contributed by atoms with Crippen LogP contribution in [0.1, 0.15) is 65.8 Å². The molecule has 2 amide bonds. The van der Waals surface area contributed by atoms with Crippen LogP contribution in [-0.4, -0.2) is 61.4 Å². The molecule has 47 heavy (non-hydrogen) atoms. The van der Waals surface area contributed by atoms with Crippen LogP contribution in [0.2, 0.25) is 0 Å². The van der Waals surface area contributed by atoms with Crippen LogP contribution in [-0.2, 0) is 30.5 Å². The first-order chi connectivity index (χ1) is 22.4. The van der Waals surface area contributed by atoms with E-state index >= 15 is 0 Å². The Labute approximate surface area is 266 Å². The lowest BCUT2D eigenvalue weighted by atomic mass is 9.91. The zero-order chi connectivity index (χ0) is 33.9. The Balaban J connectivity index is 1.13. The van der Waals surface area contributed by atoms with Gasteiger partial charge in [0.1, 0.15) is 11.9 Å². The van der Waals surface area contributed by atoms with E-state index in [0.29, 0.717) is 24.3 Å². The summed E-state index contributed by atoms with van der Waals surface area (Å²) in [5, 5.41) is 20.2. The number of allylic oxidation sites excluding steroid dienone is 1. The minimum atomic E-state index is -4.51. The summed E-state index contributed by atoms with van der Waals surface area (Å²) < 4.78 is 71.7. The number of rotatable bonds is 15. The molecule has 1 fully saturated rings. The van der Waals surface area contributed by atoms with Crippen LogP contribution in [0.3, 0.4) is 0 Å². The van der Waals surface area contributed by atoms with E-state index in [1.165, 1.54) is 23.3 Å². The number of carbonyl (C=O) groups is 2. The number of halogens is 5. The van der Waals surface area contributed by atoms with E-state index in [2.05, 4.69) is 47.8 Å². The summed E-state index contributed by atoms with van der Waals surface area (Å²) in [6, 6.07) is 3.31. The quantitative estimate of drug-likeness (QED) is 0.0790. The van der Waals surface area contributed by atoms with Gasteiger partial charge in [0.05, 0.1) is 36.6 Å². The standard InChI is InChI=1S/C30H32F5N9O3/c1-36-42-26(40-27(45)12-20-11-23(18-37-16-20)47-24-14-29(31,32)15-24)7-5-3-2-4-6-10-44-19-25(41-43-44)28(46)39-17-22-13-21(8-9-38-22)30(33,34)35/h5,7-9,11,13,16,18-19,24H,1-4,6,10,12,14-15,17H2,(H,39,46)(H,40,42,45)/b7-5-. The molecule has 17 heteroatoms. The van der Waals surface area contributed by atoms with E-state index in [-0.39, 0.29) is 48.9 Å². The lowest BCUT2D eigenvalue weighted by Crippen LogP contribution is -2.43. The van der Waals surface area contributed by atoms with Gasteiger partial charge in [0, 0.05) is 38.5 Å². The minimum Gasteiger partial charge on any atom is -0.488 e. The van der Waals surface area contributed by atoms with Crippen molar-refractivity contribution in [3.05, 3.63) is 77.7 Å². The molecule has 0 aliphatic heterocycles. The first-order valence-electron chi connectivity index (χ1n) is 14.6. The molecule has 4 rings (SSSR count). The van der Waals surface area contributed by atoms with Crippen molar-refractivity contribution in [3.8, 4) is 5.75 Å². The molecule has 1 aliphatic rings. The van der Waals surface area contributed by atoms with Crippen LogP contribution in [0.25, 0.3) is 0 Å². The molecule has 3 heterocycles. The van der Waals surface area contributed by atoms with Crippen molar-refractivity contribution in [2.75, 3.05) is 0 Å². The van der Waals surface area contributed by atoms with E-state index < -0.39 is 29.7 Å². The van der Waals surface area contributed by atoms with Crippen molar-refractivity contribution in [2.24, 2.45) is 10.2 Å². The average molecular weight is 662 g/mol. The molecule has 3 aromatic rings. The van der Waals surface area contributed by atoms with Gasteiger partial charge >= 0.3 is 6.18 Å². The van der Waals surface area contributed by atoms with Crippen LogP contribution in [0.5, 0.6) is 5.75 Å². The maximum atomic E-state index is 13.1. The number of amidine groups is 1. The van der Waals surface area contributed by atoms with Gasteiger partial charge < -0.3 is 15.4 Å². The van der Waals surface area contributed by atoms with E-state index in [1.54, 1.807) is 12.1 Å². The Morgan fingerprint density at radius 1 is 1.17 bits per heavy atom. The van der Waals surface area contributed by atoms with Gasteiger partial charge in [-0.2, -0.15) is 18.3 Å². The number of nitrogens with one attached hydrogen (secondary N) is 2. The van der Waals surface area contributed by atoms with E-state index in [9.17, 15) is 31.5 Å². The van der Waals surface area contributed by atoms with Crippen molar-refractivity contribution in [1.29, 1.82) is 0 Å². The van der Waals surface area contributed by atoms with E-state index in [0.717, 1.165) is 37.6 Å². The lowest BCUT2D eigenvalue weighted by molar-refractivity contribution is -0.137. The molecule has 0 bridgehead atoms. The number of unbranched alkanes of at least 4 members (excludes halogenated alkanes) is 3. The molecular weight excluding hydrogens is 629 g/mol. The lowest BCUT2D eigenvalue weighted by Gasteiger charge is -2.34. The summed E-state index contributed by atoms with van der Waals surface area (Å²) in [5.74, 6) is -3.17. The number of carbonyl (C=O) groups excluding carboxylic acids is 2. The zero-order valence-corrected chi connectivity index (χ0v) is 25.1. The summed E-state index contributed by atoms with van der Waals surface area (Å²) in [7, 11) is 0. The third kappa shape index (κ3) is 11.3. The molecule has 1 saturated carbocycles. The van der Waals surface area contributed by atoms with Gasteiger partial charge in [0.2, 0.25) is 5.91 Å². The Bertz CT molecular complexity index is 1600. The predicted octanol–water partition coefficient (Wildman–Crippen LogP) is 4.68. The van der Waals surface area contributed by atoms with Gasteiger partial charge in [-0.1, -0.05) is 17.7 Å². The summed E-state index contributed by atoms with van der Waals surface area (Å²) in [6.07, 6.45) is 6.01. The highest BCUT2D eigenvalue weighted by Crippen LogP contribution is 2.39. The third-order valence-corrected chi connectivity index (χ3v) is 6.81. The number of hydrogen-bond donors (Lipinski definition) is 2. The Morgan fingerprint density at radius 2 is 1.98 bits per heavy atom. The summed E-state index contributed by atoms with van der Waals surface area (Å²) >= 11 is 0. The Hall–Kier alpha value is -5.09. The number of pyridine rings is 2. The maximum absolute atomic E-state index is 13.1. The molecule has 3 aromatic heterocycles. The fraction of sp³-hybridized carbons (Fsp3) is 0.400. The molecule has 12 nitrogen and oxygen atoms in total. The topological polar surface area (TPSA) is 149 Å². The predicted molar refractivity (Wildman–Crippen MR) is 160 cm³/mol. The van der Waals surface area contributed by atoms with E-state index in [1.807, 2.05) is 6.08 Å². The van der Waals surface area contributed by atoms with Gasteiger partial charge in [-0.3, -0.25) is 24.2 Å². The first kappa shape index (κ1) is 34.8. The SMILES string of the molecule is C=N/N=C(\C=C/CCCCCn1cc(C(=O)NCc2cc(C(F)(F)F)ccn2)nn1)NC(=O)Cc1cncc(OC2CC(F)(F)C2)c1. The summed E-state index contributed by atoms with van der Waals surface area (Å²) in [6.45, 7) is 3.62. The molecular formula is C30H32F5N9O3. The highest BCUT2D eigenvalue weighted by molar-refractivity contribution is 6.04. The normalized spacial score (nSPS) is 14.9. The fourth-order valence-corrected chi connectivity index (χ4v) is 4.49. The average Bonchev–Trinajstić information content (AvgIpc) is 3.47. The smallest absolute Gasteiger partial charge is 0.416 e. The summed E-state index contributed by atoms with van der Waals surface area (Å²) in [5.41, 5.74) is -0.225. The third-order valence-electron chi connectivity index (χ3n) is 6.81. The van der Waals surface area contributed by atoms with Crippen molar-refractivity contribution in [2.45, 2.75) is 76.2 Å². The highest BCUT2D eigenvalue weighted by atomic mass is 19.4. The highest BCUT2D eigenvalue weighted by Gasteiger charge is 2.47. The zero-order valence-electron chi connectivity index (χ0n) is 25.1. The second kappa shape index (κ2) is 16.0. The van der Waals surface area contributed by atoms with Crippen LogP contribution in [0.15, 0.2) is 65.3 Å². The van der Waals surface area contributed by atoms with Crippen molar-refractivity contribution < 1.29 is 36.3 Å². The number of alkyl halides is 5. The molecule has 0 spiro atoms. The summed E-state index contributed by atoms with van der Waals surface area (Å²) in [4.78, 5) is 32.7. The van der Waals surface area contributed by atoms with Crippen LogP contribution < -0.4 is 15.4 Å². The molecule has 0 saturated heterocycles. The van der Waals surface area contributed by atoms with Gasteiger partial charge in [0.15, 0.2) is 11.5 Å². The Morgan fingerprint density at radius 3 is 2.72 bits per heavy atom. The number of hydrogen-bond acceptors (Lipinski definition) is 9. The first-order valence-corrected chi connectivity index (χ1v) is 14.6. The van der Waals surface area contributed by atoms with Crippen LogP contribution >= 0.6 is 0 Å². The maximum Gasteiger partial charge on any atom is 0.416 e. The van der Waals surface area contributed by atoms with Crippen LogP contribution in [0.4, 0.5) is 22.0 Å². The van der Waals surface area contributed by atoms with Gasteiger partial charge in [-0.25, -0.2) is 8.78 Å². The number of amides is 2. The van der Waals surface area contributed by atoms with Gasteiger partial charge in [-0.05, 0) is 49.1 Å². The van der Waals surface area contributed by atoms with Crippen molar-refractivity contribution in [1.82, 2.24) is 35.6 Å². The molecule has 0 unspecified atom stereocenters. The van der Waals surface area contributed by atoms with Gasteiger partial charge in [-0.15, -0.1) is 10.2 Å². The minimum absolute atomic E-state index is 0.0305. The number of aromatic nitrogens is 5.